The van der Waals surface area contributed by atoms with Gasteiger partial charge in [-0.25, -0.2) is 4.79 Å². The first kappa shape index (κ1) is 19.7. The van der Waals surface area contributed by atoms with Crippen molar-refractivity contribution >= 4 is 17.9 Å². The number of hydrogen-bond acceptors (Lipinski definition) is 8. The third-order valence-corrected chi connectivity index (χ3v) is 1.89. The molecule has 0 aliphatic heterocycles. The summed E-state index contributed by atoms with van der Waals surface area (Å²) in [5.74, 6) is -2.77. The number of carbonyl (C=O) groups is 3. The fourth-order valence-corrected chi connectivity index (χ4v) is 1.02. The molecule has 0 fully saturated rings. The largest absolute Gasteiger partial charge is 0.469 e. The second-order valence-electron chi connectivity index (χ2n) is 3.44. The summed E-state index contributed by atoms with van der Waals surface area (Å²) in [6.45, 7) is 0. The van der Waals surface area contributed by atoms with Gasteiger partial charge in [0.15, 0.2) is 5.60 Å². The molecule has 0 spiro atoms. The molecule has 19 heavy (non-hydrogen) atoms. The van der Waals surface area contributed by atoms with Crippen LogP contribution in [0.4, 0.5) is 0 Å². The molecule has 0 aromatic carbocycles. The molecule has 0 aromatic heterocycles. The van der Waals surface area contributed by atoms with Crippen molar-refractivity contribution in [3.8, 4) is 0 Å². The molecule has 1 N–H and O–H groups in total. The van der Waals surface area contributed by atoms with Gasteiger partial charge in [-0.05, 0) is 0 Å². The van der Waals surface area contributed by atoms with Crippen molar-refractivity contribution < 1.29 is 38.4 Å². The van der Waals surface area contributed by atoms with E-state index in [1.54, 1.807) is 14.2 Å². The van der Waals surface area contributed by atoms with E-state index < -0.39 is 36.4 Å². The van der Waals surface area contributed by atoms with Crippen molar-refractivity contribution in [2.75, 3.05) is 35.5 Å². The Hall–Kier alpha value is -1.67. The minimum Gasteiger partial charge on any atom is -0.469 e. The summed E-state index contributed by atoms with van der Waals surface area (Å²) < 4.78 is 17.1. The van der Waals surface area contributed by atoms with E-state index >= 15 is 0 Å². The van der Waals surface area contributed by atoms with Crippen LogP contribution in [0.3, 0.4) is 0 Å². The van der Waals surface area contributed by atoms with Gasteiger partial charge in [-0.3, -0.25) is 9.59 Å². The number of aliphatic hydroxyl groups is 1. The molecular formula is C11H20O8. The van der Waals surface area contributed by atoms with Crippen LogP contribution < -0.4 is 0 Å². The minimum absolute atomic E-state index is 0.675. The molecule has 8 nitrogen and oxygen atoms in total. The van der Waals surface area contributed by atoms with Crippen molar-refractivity contribution in [2.45, 2.75) is 18.4 Å². The maximum absolute atomic E-state index is 11.2. The quantitative estimate of drug-likeness (QED) is 0.519. The molecule has 0 rings (SSSR count). The monoisotopic (exact) mass is 280 g/mol. The van der Waals surface area contributed by atoms with Crippen LogP contribution in [-0.4, -0.2) is 64.2 Å². The summed E-state index contributed by atoms with van der Waals surface area (Å²) in [7, 11) is 6.47. The summed E-state index contributed by atoms with van der Waals surface area (Å²) in [4.78, 5) is 33.2. The van der Waals surface area contributed by atoms with Crippen LogP contribution in [0.25, 0.3) is 0 Å². The summed E-state index contributed by atoms with van der Waals surface area (Å²) in [6, 6.07) is 0. The molecule has 0 unspecified atom stereocenters. The Morgan fingerprint density at radius 1 is 0.842 bits per heavy atom. The van der Waals surface area contributed by atoms with Gasteiger partial charge < -0.3 is 24.1 Å². The first-order valence-electron chi connectivity index (χ1n) is 5.15. The van der Waals surface area contributed by atoms with Gasteiger partial charge >= 0.3 is 17.9 Å². The first-order chi connectivity index (χ1) is 8.80. The number of methoxy groups -OCH3 is 4. The van der Waals surface area contributed by atoms with Crippen LogP contribution in [-0.2, 0) is 33.3 Å². The van der Waals surface area contributed by atoms with Gasteiger partial charge in [-0.1, -0.05) is 0 Å². The van der Waals surface area contributed by atoms with E-state index in [0.717, 1.165) is 21.3 Å². The standard InChI is InChI=1S/C9H14O7.C2H6O/c1-14-6(10)4-9(13,8(12)16-3)5-7(11)15-2;1-3-2/h13H,4-5H2,1-3H3;1-2H3. The fourth-order valence-electron chi connectivity index (χ4n) is 1.02. The predicted molar refractivity (Wildman–Crippen MR) is 63.2 cm³/mol. The predicted octanol–water partition coefficient (Wildman–Crippen LogP) is -0.721. The highest BCUT2D eigenvalue weighted by Crippen LogP contribution is 2.18. The van der Waals surface area contributed by atoms with Crippen LogP contribution >= 0.6 is 0 Å². The molecule has 8 heteroatoms. The SMILES string of the molecule is COC.COC(=O)CC(O)(CC(=O)OC)C(=O)OC. The molecule has 0 saturated heterocycles. The van der Waals surface area contributed by atoms with Crippen LogP contribution in [0.5, 0.6) is 0 Å². The van der Waals surface area contributed by atoms with E-state index in [2.05, 4.69) is 18.9 Å². The Morgan fingerprint density at radius 2 is 1.16 bits per heavy atom. The van der Waals surface area contributed by atoms with Crippen molar-refractivity contribution in [1.29, 1.82) is 0 Å². The maximum Gasteiger partial charge on any atom is 0.339 e. The molecule has 112 valence electrons. The molecule has 0 amide bonds. The Morgan fingerprint density at radius 3 is 1.37 bits per heavy atom. The highest BCUT2D eigenvalue weighted by molar-refractivity contribution is 5.89. The molecule has 0 saturated carbocycles. The van der Waals surface area contributed by atoms with Gasteiger partial charge in [0, 0.05) is 14.2 Å². The Bertz CT molecular complexity index is 281. The second kappa shape index (κ2) is 10.3. The van der Waals surface area contributed by atoms with Gasteiger partial charge in [-0.15, -0.1) is 0 Å². The third-order valence-electron chi connectivity index (χ3n) is 1.89. The molecule has 0 heterocycles. The highest BCUT2D eigenvalue weighted by Gasteiger charge is 2.42. The number of carbonyl (C=O) groups excluding carboxylic acids is 3. The summed E-state index contributed by atoms with van der Waals surface area (Å²) >= 11 is 0. The first-order valence-corrected chi connectivity index (χ1v) is 5.15. The summed E-state index contributed by atoms with van der Waals surface area (Å²) in [5, 5.41) is 9.81. The van der Waals surface area contributed by atoms with Gasteiger partial charge in [0.1, 0.15) is 0 Å². The molecule has 0 aliphatic rings. The molecule has 0 bridgehead atoms. The van der Waals surface area contributed by atoms with Crippen molar-refractivity contribution in [3.05, 3.63) is 0 Å². The number of hydrogen-bond donors (Lipinski definition) is 1. The maximum atomic E-state index is 11.2. The number of ether oxygens (including phenoxy) is 4. The van der Waals surface area contributed by atoms with E-state index in [-0.39, 0.29) is 0 Å². The topological polar surface area (TPSA) is 108 Å². The molecular weight excluding hydrogens is 260 g/mol. The lowest BCUT2D eigenvalue weighted by molar-refractivity contribution is -0.174. The normalized spacial score (nSPS) is 9.79. The van der Waals surface area contributed by atoms with E-state index in [0.29, 0.717) is 0 Å². The van der Waals surface area contributed by atoms with Crippen LogP contribution in [0.1, 0.15) is 12.8 Å². The van der Waals surface area contributed by atoms with Crippen LogP contribution in [0.2, 0.25) is 0 Å². The Labute approximate surface area is 111 Å². The van der Waals surface area contributed by atoms with Crippen LogP contribution in [0, 0.1) is 0 Å². The molecule has 0 atom stereocenters. The van der Waals surface area contributed by atoms with Gasteiger partial charge in [0.2, 0.25) is 0 Å². The average Bonchev–Trinajstić information content (AvgIpc) is 2.38. The smallest absolute Gasteiger partial charge is 0.339 e. The second-order valence-corrected chi connectivity index (χ2v) is 3.44. The Kier molecular flexibility index (Phi) is 10.6. The van der Waals surface area contributed by atoms with E-state index in [4.69, 9.17) is 0 Å². The van der Waals surface area contributed by atoms with Gasteiger partial charge in [-0.2, -0.15) is 0 Å². The van der Waals surface area contributed by atoms with Gasteiger partial charge in [0.05, 0.1) is 34.2 Å². The third kappa shape index (κ3) is 8.11. The summed E-state index contributed by atoms with van der Waals surface area (Å²) in [5.41, 5.74) is -2.26. The number of esters is 3. The zero-order valence-electron chi connectivity index (χ0n) is 11.7. The molecule has 0 aromatic rings. The van der Waals surface area contributed by atoms with Crippen molar-refractivity contribution in [2.24, 2.45) is 0 Å². The van der Waals surface area contributed by atoms with E-state index in [1.807, 2.05) is 0 Å². The average molecular weight is 280 g/mol. The zero-order chi connectivity index (χ0) is 15.5. The molecule has 0 radical (unpaired) electrons. The zero-order valence-corrected chi connectivity index (χ0v) is 11.7. The summed E-state index contributed by atoms with van der Waals surface area (Å²) in [6.07, 6.45) is -1.35. The van der Waals surface area contributed by atoms with Gasteiger partial charge in [0.25, 0.3) is 0 Å². The van der Waals surface area contributed by atoms with E-state index in [9.17, 15) is 19.5 Å². The minimum atomic E-state index is -2.26. The lowest BCUT2D eigenvalue weighted by atomic mass is 9.96. The van der Waals surface area contributed by atoms with Crippen molar-refractivity contribution in [1.82, 2.24) is 0 Å². The fraction of sp³-hybridized carbons (Fsp3) is 0.727. The van der Waals surface area contributed by atoms with Crippen LogP contribution in [0.15, 0.2) is 0 Å². The highest BCUT2D eigenvalue weighted by atomic mass is 16.6. The lowest BCUT2D eigenvalue weighted by Crippen LogP contribution is -2.44. The van der Waals surface area contributed by atoms with E-state index in [1.165, 1.54) is 0 Å². The van der Waals surface area contributed by atoms with Crippen molar-refractivity contribution in [3.63, 3.8) is 0 Å². The Balaban J connectivity index is 0. The molecule has 0 aliphatic carbocycles. The number of rotatable bonds is 5. The lowest BCUT2D eigenvalue weighted by Gasteiger charge is -2.22.